The molecule has 0 aliphatic rings. The summed E-state index contributed by atoms with van der Waals surface area (Å²) in [4.78, 5) is 16.4. The molecule has 28 heavy (non-hydrogen) atoms. The van der Waals surface area contributed by atoms with Crippen LogP contribution < -0.4 is 4.18 Å². The minimum atomic E-state index is -5.98. The molecule has 0 radical (unpaired) electrons. The molecule has 0 spiro atoms. The summed E-state index contributed by atoms with van der Waals surface area (Å²) in [5, 5.41) is 0. The fourth-order valence-corrected chi connectivity index (χ4v) is 4.40. The Kier molecular flexibility index (Phi) is 6.21. The first-order valence-electron chi connectivity index (χ1n) is 7.82. The van der Waals surface area contributed by atoms with Gasteiger partial charge in [0, 0.05) is 5.56 Å². The number of Topliss-reactive ketones (excluding diaryl/α,β-unsaturated/α-hetero) is 1. The van der Waals surface area contributed by atoms with E-state index in [1.165, 1.54) is 19.9 Å². The second-order valence-electron chi connectivity index (χ2n) is 6.96. The van der Waals surface area contributed by atoms with Gasteiger partial charge in [0.25, 0.3) is 0 Å². The summed E-state index contributed by atoms with van der Waals surface area (Å²) in [6, 6.07) is 1.53. The molecule has 0 saturated heterocycles. The van der Waals surface area contributed by atoms with Crippen molar-refractivity contribution < 1.29 is 35.3 Å². The quantitative estimate of drug-likeness (QED) is 0.419. The van der Waals surface area contributed by atoms with Crippen LogP contribution in [0.1, 0.15) is 44.9 Å². The zero-order valence-electron chi connectivity index (χ0n) is 15.5. The molecule has 0 N–H and O–H groups in total. The number of ether oxygens (including phenoxy) is 1. The van der Waals surface area contributed by atoms with E-state index in [4.69, 9.17) is 4.74 Å². The lowest BCUT2D eigenvalue weighted by molar-refractivity contribution is -0.139. The minimum absolute atomic E-state index is 0.0454. The molecule has 6 nitrogen and oxygen atoms in total. The molecule has 0 fully saturated rings. The van der Waals surface area contributed by atoms with Gasteiger partial charge in [-0.1, -0.05) is 0 Å². The number of ketones is 1. The van der Waals surface area contributed by atoms with Gasteiger partial charge in [0.2, 0.25) is 0 Å². The van der Waals surface area contributed by atoms with Crippen LogP contribution in [-0.2, 0) is 19.6 Å². The number of alkyl halides is 3. The highest BCUT2D eigenvalue weighted by molar-refractivity contribution is 9.11. The van der Waals surface area contributed by atoms with Crippen molar-refractivity contribution in [1.29, 1.82) is 0 Å². The summed E-state index contributed by atoms with van der Waals surface area (Å²) in [5.74, 6) is -1.13. The van der Waals surface area contributed by atoms with E-state index in [9.17, 15) is 26.4 Å². The van der Waals surface area contributed by atoms with Crippen LogP contribution in [0.5, 0.6) is 5.75 Å². The Hall–Kier alpha value is -1.24. The number of nitrogens with zero attached hydrogens (tertiary/aromatic N) is 1. The Morgan fingerprint density at radius 2 is 1.86 bits per heavy atom. The van der Waals surface area contributed by atoms with Gasteiger partial charge < -0.3 is 8.92 Å². The summed E-state index contributed by atoms with van der Waals surface area (Å²) < 4.78 is 72.9. The number of hydrogen-bond donors (Lipinski definition) is 0. The third kappa shape index (κ3) is 4.84. The van der Waals surface area contributed by atoms with Crippen LogP contribution >= 0.6 is 27.3 Å². The van der Waals surface area contributed by atoms with Gasteiger partial charge in [-0.25, -0.2) is 4.98 Å². The van der Waals surface area contributed by atoms with Crippen molar-refractivity contribution >= 4 is 53.4 Å². The lowest BCUT2D eigenvalue weighted by atomic mass is 9.98. The summed E-state index contributed by atoms with van der Waals surface area (Å²) >= 11 is 4.01. The van der Waals surface area contributed by atoms with E-state index >= 15 is 0 Å². The largest absolute Gasteiger partial charge is 0.534 e. The topological polar surface area (TPSA) is 82.6 Å². The molecule has 0 aliphatic heterocycles. The maximum atomic E-state index is 13.0. The number of thiazole rings is 1. The molecule has 156 valence electrons. The average molecular weight is 504 g/mol. The van der Waals surface area contributed by atoms with Gasteiger partial charge in [0.05, 0.1) is 15.8 Å². The molecule has 0 amide bonds. The predicted molar refractivity (Wildman–Crippen MR) is 102 cm³/mol. The van der Waals surface area contributed by atoms with Crippen LogP contribution in [0, 0.1) is 6.92 Å². The molecule has 2 aromatic rings. The average Bonchev–Trinajstić information content (AvgIpc) is 2.83. The fraction of sp³-hybridized carbons (Fsp3) is 0.500. The van der Waals surface area contributed by atoms with Gasteiger partial charge in [-0.05, 0) is 62.2 Å². The summed E-state index contributed by atoms with van der Waals surface area (Å²) in [5.41, 5.74) is -6.03. The second-order valence-corrected chi connectivity index (χ2v) is 10.8. The van der Waals surface area contributed by atoms with Crippen molar-refractivity contribution in [2.75, 3.05) is 0 Å². The molecule has 1 aromatic carbocycles. The van der Waals surface area contributed by atoms with Gasteiger partial charge in [-0.2, -0.15) is 21.6 Å². The summed E-state index contributed by atoms with van der Waals surface area (Å²) in [6.07, 6.45) is -1.33. The van der Waals surface area contributed by atoms with Crippen LogP contribution in [0.2, 0.25) is 0 Å². The molecule has 2 rings (SSSR count). The third-order valence-corrected chi connectivity index (χ3v) is 5.91. The Balaban J connectivity index is 2.84. The molecule has 1 heterocycles. The van der Waals surface area contributed by atoms with Crippen LogP contribution in [0.15, 0.2) is 9.98 Å². The molecule has 1 atom stereocenters. The molecule has 1 aromatic heterocycles. The first kappa shape index (κ1) is 23.0. The Morgan fingerprint density at radius 1 is 1.29 bits per heavy atom. The normalized spacial score (nSPS) is 14.3. The Labute approximate surface area is 172 Å². The second kappa shape index (κ2) is 7.54. The molecule has 0 saturated carbocycles. The van der Waals surface area contributed by atoms with E-state index in [0.717, 1.165) is 11.3 Å². The fourth-order valence-electron chi connectivity index (χ4n) is 2.41. The number of hydrogen-bond acceptors (Lipinski definition) is 7. The van der Waals surface area contributed by atoms with Crippen molar-refractivity contribution in [1.82, 2.24) is 4.98 Å². The number of aryl methyl sites for hydroxylation is 1. The van der Waals surface area contributed by atoms with Gasteiger partial charge in [-0.3, -0.25) is 4.79 Å². The van der Waals surface area contributed by atoms with Gasteiger partial charge in [0.1, 0.15) is 6.10 Å². The number of benzene rings is 1. The van der Waals surface area contributed by atoms with Gasteiger partial charge >= 0.3 is 15.6 Å². The number of carbonyl (C=O) groups excluding carboxylic acids is 1. The molecule has 12 heteroatoms. The van der Waals surface area contributed by atoms with Crippen molar-refractivity contribution in [3.05, 3.63) is 21.1 Å². The van der Waals surface area contributed by atoms with Crippen LogP contribution in [0.25, 0.3) is 10.2 Å². The zero-order chi connectivity index (χ0) is 21.7. The number of carbonyl (C=O) groups is 1. The summed E-state index contributed by atoms with van der Waals surface area (Å²) in [6.45, 7) is 7.69. The van der Waals surface area contributed by atoms with E-state index in [1.54, 1.807) is 20.8 Å². The van der Waals surface area contributed by atoms with Crippen molar-refractivity contribution in [2.45, 2.75) is 51.8 Å². The zero-order valence-corrected chi connectivity index (χ0v) is 18.7. The molecule has 0 unspecified atom stereocenters. The van der Waals surface area contributed by atoms with Crippen LogP contribution in [0.4, 0.5) is 13.2 Å². The van der Waals surface area contributed by atoms with Gasteiger partial charge in [0.15, 0.2) is 15.4 Å². The smallest absolute Gasteiger partial charge is 0.374 e. The highest BCUT2D eigenvalue weighted by atomic mass is 79.9. The summed E-state index contributed by atoms with van der Waals surface area (Å²) in [7, 11) is -5.98. The van der Waals surface area contributed by atoms with E-state index in [0.29, 0.717) is 9.48 Å². The lowest BCUT2D eigenvalue weighted by Crippen LogP contribution is -2.30. The first-order chi connectivity index (χ1) is 12.5. The predicted octanol–water partition coefficient (Wildman–Crippen LogP) is 5.04. The number of rotatable bonds is 5. The standard InChI is InChI=1S/C16H17BrF3NO5S2/c1-7-6-9-13(27-14(17)21-9)12(26-28(23,24)16(18,19)20)10(7)11(8(2)22)25-15(3,4)5/h6,11H,1-5H3/t11-/m1/s1. The molecule has 0 bridgehead atoms. The maximum absolute atomic E-state index is 13.0. The molecule has 0 aliphatic carbocycles. The van der Waals surface area contributed by atoms with Crippen molar-refractivity contribution in [2.24, 2.45) is 0 Å². The first-order valence-corrected chi connectivity index (χ1v) is 10.8. The van der Waals surface area contributed by atoms with Gasteiger partial charge in [-0.15, -0.1) is 11.3 Å². The Morgan fingerprint density at radius 3 is 2.32 bits per heavy atom. The maximum Gasteiger partial charge on any atom is 0.534 e. The monoisotopic (exact) mass is 503 g/mol. The number of fused-ring (bicyclic) bond motifs is 1. The lowest BCUT2D eigenvalue weighted by Gasteiger charge is -2.28. The third-order valence-electron chi connectivity index (χ3n) is 3.44. The van der Waals surface area contributed by atoms with Crippen LogP contribution in [-0.4, -0.2) is 30.3 Å². The highest BCUT2D eigenvalue weighted by Gasteiger charge is 2.49. The van der Waals surface area contributed by atoms with E-state index in [2.05, 4.69) is 25.1 Å². The number of halogens is 4. The SMILES string of the molecule is CC(=O)[C@@H](OC(C)(C)C)c1c(C)cc2nc(Br)sc2c1OS(=O)(=O)C(F)(F)F. The van der Waals surface area contributed by atoms with E-state index in [-0.39, 0.29) is 15.8 Å². The highest BCUT2D eigenvalue weighted by Crippen LogP contribution is 2.44. The molecular weight excluding hydrogens is 487 g/mol. The minimum Gasteiger partial charge on any atom is -0.374 e. The van der Waals surface area contributed by atoms with E-state index < -0.39 is 38.9 Å². The van der Waals surface area contributed by atoms with E-state index in [1.807, 2.05) is 0 Å². The number of aromatic nitrogens is 1. The van der Waals surface area contributed by atoms with Crippen molar-refractivity contribution in [3.63, 3.8) is 0 Å². The molecular formula is C16H17BrF3NO5S2. The Bertz CT molecular complexity index is 1030. The van der Waals surface area contributed by atoms with Crippen molar-refractivity contribution in [3.8, 4) is 5.75 Å². The van der Waals surface area contributed by atoms with Crippen LogP contribution in [0.3, 0.4) is 0 Å².